The van der Waals surface area contributed by atoms with Gasteiger partial charge in [-0.1, -0.05) is 243 Å². The van der Waals surface area contributed by atoms with Gasteiger partial charge in [0.2, 0.25) is 0 Å². The number of benzene rings is 12. The van der Waals surface area contributed by atoms with E-state index in [1.165, 1.54) is 0 Å². The quantitative estimate of drug-likeness (QED) is 0.0266. The van der Waals surface area contributed by atoms with E-state index in [4.69, 9.17) is 19.7 Å². The largest absolute Gasteiger partial charge is 0.481 e. The minimum atomic E-state index is -0.807. The molecule has 16 rings (SSSR count). The number of carboxylic acid groups (broad SMARTS) is 2. The number of ether oxygens (including phenoxy) is 2. The van der Waals surface area contributed by atoms with Gasteiger partial charge in [-0.15, -0.1) is 0 Å². The fraction of sp³-hybridized carbons (Fsp3) is 0.184. The topological polar surface area (TPSA) is 215 Å². The van der Waals surface area contributed by atoms with Crippen molar-refractivity contribution in [3.05, 3.63) is 336 Å². The fourth-order valence-corrected chi connectivity index (χ4v) is 15.1. The number of hydrogen-bond acceptors (Lipinski definition) is 10. The third-order valence-electron chi connectivity index (χ3n) is 20.5. The lowest BCUT2D eigenvalue weighted by atomic mass is 9.97. The minimum Gasteiger partial charge on any atom is -0.481 e. The van der Waals surface area contributed by atoms with Gasteiger partial charge in [0, 0.05) is 165 Å². The number of aliphatic carboxylic acids is 2. The smallest absolute Gasteiger partial charge is 0.305 e. The van der Waals surface area contributed by atoms with Crippen molar-refractivity contribution >= 4 is 134 Å². The van der Waals surface area contributed by atoms with E-state index in [-0.39, 0.29) is 47.9 Å². The molecule has 4 aromatic heterocycles. The Morgan fingerprint density at radius 3 is 0.746 bits per heavy atom. The number of carbonyl (C=O) groups is 8. The van der Waals surface area contributed by atoms with E-state index >= 15 is 0 Å². The molecule has 114 heavy (non-hydrogen) atoms. The standard InChI is InChI=1S/C26H25NO3.C25H23NO3.C24H21NO3.C23H19NO3/c1-2-30-25(28)16-7-8-17-27-18-23(21-13-5-6-15-24(21)27)26(29)22-14-9-11-19-10-3-4-12-20(19)22;1-2-29-24(27)15-8-16-26-17-22(20-12-5-6-14-23(20)26)25(28)21-13-7-10-18-9-3-4-11-19(18)21;26-23(27)14-5-6-15-25-16-21(19-11-3-4-13-22(19)25)24(28)20-12-7-9-17-8-1-2-10-18(17)20;25-22(26)13-6-14-24-15-20(18-10-3-4-12-21(18)24)23(27)19-11-5-8-16-7-1-2-9-17(16)19/h3-6,9-15,18H,2,7-8,16-17H2,1H3;3-7,9-14,17H,2,8,15-16H2,1H3;1-4,7-13,16H,5-6,14-15H2,(H,26,27);1-5,7-12,15H,6,13-14H2,(H,25,26). The molecule has 0 radical (unpaired) electrons. The Balaban J connectivity index is 0.000000133. The van der Waals surface area contributed by atoms with Crippen LogP contribution in [0.2, 0.25) is 0 Å². The Morgan fingerprint density at radius 2 is 0.465 bits per heavy atom. The minimum absolute atomic E-state index is 0.0114. The second-order valence-electron chi connectivity index (χ2n) is 28.0. The number of fused-ring (bicyclic) bond motifs is 8. The van der Waals surface area contributed by atoms with Crippen molar-refractivity contribution in [1.82, 2.24) is 18.3 Å². The van der Waals surface area contributed by atoms with Gasteiger partial charge in [0.05, 0.1) is 13.2 Å². The Labute approximate surface area is 660 Å². The maximum Gasteiger partial charge on any atom is 0.305 e. The molecule has 0 aliphatic heterocycles. The van der Waals surface area contributed by atoms with Crippen LogP contribution in [-0.4, -0.2) is 88.7 Å². The highest BCUT2D eigenvalue weighted by Gasteiger charge is 2.24. The number of rotatable bonds is 28. The maximum atomic E-state index is 13.5. The molecule has 16 aromatic rings. The van der Waals surface area contributed by atoms with Gasteiger partial charge in [-0.3, -0.25) is 38.4 Å². The number of carboxylic acids is 2. The molecule has 0 saturated carbocycles. The van der Waals surface area contributed by atoms with Crippen LogP contribution in [0.3, 0.4) is 0 Å². The molecule has 0 atom stereocenters. The molecule has 2 N–H and O–H groups in total. The highest BCUT2D eigenvalue weighted by Crippen LogP contribution is 2.34. The van der Waals surface area contributed by atoms with Crippen LogP contribution in [0.25, 0.3) is 86.7 Å². The molecule has 16 nitrogen and oxygen atoms in total. The van der Waals surface area contributed by atoms with Crippen molar-refractivity contribution in [2.75, 3.05) is 13.2 Å². The third-order valence-corrected chi connectivity index (χ3v) is 20.5. The van der Waals surface area contributed by atoms with Crippen LogP contribution in [0.15, 0.2) is 292 Å². The Kier molecular flexibility index (Phi) is 25.8. The molecule has 0 bridgehead atoms. The van der Waals surface area contributed by atoms with Crippen molar-refractivity contribution in [3.63, 3.8) is 0 Å². The van der Waals surface area contributed by atoms with E-state index in [1.54, 1.807) is 0 Å². The van der Waals surface area contributed by atoms with Gasteiger partial charge in [-0.05, 0) is 120 Å². The molecule has 0 aliphatic carbocycles. The number of esters is 2. The van der Waals surface area contributed by atoms with Crippen molar-refractivity contribution in [2.45, 2.75) is 104 Å². The molecular weight excluding hydrogens is 1430 g/mol. The number of nitrogens with zero attached hydrogens (tertiary/aromatic N) is 4. The first-order valence-electron chi connectivity index (χ1n) is 38.8. The second-order valence-corrected chi connectivity index (χ2v) is 28.0. The molecule has 0 unspecified atom stereocenters. The lowest BCUT2D eigenvalue weighted by Gasteiger charge is -2.05. The van der Waals surface area contributed by atoms with Gasteiger partial charge in [0.15, 0.2) is 23.1 Å². The van der Waals surface area contributed by atoms with Crippen LogP contribution in [-0.2, 0) is 54.8 Å². The van der Waals surface area contributed by atoms with Crippen LogP contribution >= 0.6 is 0 Å². The molecule has 4 heterocycles. The van der Waals surface area contributed by atoms with Crippen molar-refractivity contribution in [3.8, 4) is 0 Å². The molecule has 572 valence electrons. The first-order valence-corrected chi connectivity index (χ1v) is 38.8. The number of hydrogen-bond donors (Lipinski definition) is 2. The lowest BCUT2D eigenvalue weighted by molar-refractivity contribution is -0.144. The van der Waals surface area contributed by atoms with E-state index in [1.807, 2.05) is 310 Å². The molecule has 16 heteroatoms. The van der Waals surface area contributed by atoms with Crippen LogP contribution in [0.4, 0.5) is 0 Å². The molecule has 0 aliphatic rings. The summed E-state index contributed by atoms with van der Waals surface area (Å²) in [5.74, 6) is -1.87. The third kappa shape index (κ3) is 18.2. The Bertz CT molecular complexity index is 6210. The maximum absolute atomic E-state index is 13.5. The Morgan fingerprint density at radius 1 is 0.246 bits per heavy atom. The predicted octanol–water partition coefficient (Wildman–Crippen LogP) is 21.3. The summed E-state index contributed by atoms with van der Waals surface area (Å²) in [5.41, 5.74) is 9.54. The number of aryl methyl sites for hydroxylation is 4. The summed E-state index contributed by atoms with van der Waals surface area (Å²) in [6.07, 6.45) is 12.9. The number of para-hydroxylation sites is 4. The van der Waals surface area contributed by atoms with Crippen LogP contribution < -0.4 is 0 Å². The van der Waals surface area contributed by atoms with E-state index in [2.05, 4.69) is 13.7 Å². The first-order chi connectivity index (χ1) is 55.7. The number of unbranched alkanes of at least 4 members (excludes halogenated alkanes) is 2. The van der Waals surface area contributed by atoms with E-state index in [0.29, 0.717) is 104 Å². The molecular formula is C98H88N4O12. The SMILES string of the molecule is CCOC(=O)CCCCn1cc(C(=O)c2cccc3ccccc23)c2ccccc21.CCOC(=O)CCCn1cc(C(=O)c2cccc3ccccc23)c2ccccc21.O=C(O)CCCCn1cc(C(=O)c2cccc3ccccc23)c2ccccc21.O=C(O)CCCn1cc(C(=O)c2cccc3ccccc23)c2ccccc21. The zero-order valence-electron chi connectivity index (χ0n) is 63.8. The molecule has 0 spiro atoms. The van der Waals surface area contributed by atoms with Gasteiger partial charge in [0.25, 0.3) is 0 Å². The lowest BCUT2D eigenvalue weighted by Crippen LogP contribution is -2.06. The normalized spacial score (nSPS) is 11.1. The highest BCUT2D eigenvalue weighted by atomic mass is 16.5. The Hall–Kier alpha value is -13.6. The fourth-order valence-electron chi connectivity index (χ4n) is 15.1. The number of carbonyl (C=O) groups excluding carboxylic acids is 6. The van der Waals surface area contributed by atoms with Crippen molar-refractivity contribution in [2.24, 2.45) is 0 Å². The van der Waals surface area contributed by atoms with Gasteiger partial charge in [0.1, 0.15) is 0 Å². The van der Waals surface area contributed by atoms with Gasteiger partial charge in [-0.25, -0.2) is 0 Å². The number of ketones is 4. The van der Waals surface area contributed by atoms with E-state index < -0.39 is 11.9 Å². The average molecular weight is 1510 g/mol. The van der Waals surface area contributed by atoms with Crippen molar-refractivity contribution in [1.29, 1.82) is 0 Å². The molecule has 12 aromatic carbocycles. The van der Waals surface area contributed by atoms with Crippen LogP contribution in [0.1, 0.15) is 142 Å². The zero-order valence-corrected chi connectivity index (χ0v) is 63.8. The summed E-state index contributed by atoms with van der Waals surface area (Å²) in [6.45, 7) is 7.10. The van der Waals surface area contributed by atoms with Gasteiger partial charge < -0.3 is 38.0 Å². The van der Waals surface area contributed by atoms with E-state index in [0.717, 1.165) is 118 Å². The summed E-state index contributed by atoms with van der Waals surface area (Å²) in [6, 6.07) is 86.5. The monoisotopic (exact) mass is 1510 g/mol. The van der Waals surface area contributed by atoms with Crippen LogP contribution in [0, 0.1) is 0 Å². The molecule has 0 amide bonds. The summed E-state index contributed by atoms with van der Waals surface area (Å²) in [7, 11) is 0. The predicted molar refractivity (Wildman–Crippen MR) is 452 cm³/mol. The highest BCUT2D eigenvalue weighted by molar-refractivity contribution is 6.24. The molecule has 0 saturated heterocycles. The first kappa shape index (κ1) is 78.5. The van der Waals surface area contributed by atoms with E-state index in [9.17, 15) is 38.4 Å². The zero-order chi connectivity index (χ0) is 79.5. The van der Waals surface area contributed by atoms with Crippen LogP contribution in [0.5, 0.6) is 0 Å². The average Bonchev–Trinajstić information content (AvgIpc) is 1.60. The summed E-state index contributed by atoms with van der Waals surface area (Å²) >= 11 is 0. The second kappa shape index (κ2) is 37.4. The summed E-state index contributed by atoms with van der Waals surface area (Å²) in [4.78, 5) is 98.5. The number of aromatic nitrogens is 4. The van der Waals surface area contributed by atoms with Crippen molar-refractivity contribution < 1.29 is 58.0 Å². The van der Waals surface area contributed by atoms with Gasteiger partial charge >= 0.3 is 23.9 Å². The summed E-state index contributed by atoms with van der Waals surface area (Å²) < 4.78 is 18.2. The molecule has 0 fully saturated rings. The summed E-state index contributed by atoms with van der Waals surface area (Å²) in [5, 5.41) is 29.4. The van der Waals surface area contributed by atoms with Gasteiger partial charge in [-0.2, -0.15) is 0 Å².